The van der Waals surface area contributed by atoms with Crippen LogP contribution in [-0.2, 0) is 0 Å². The molecule has 1 aromatic carbocycles. The number of aliphatic hydroxyl groups excluding tert-OH is 1. The number of rotatable bonds is 3. The van der Waals surface area contributed by atoms with E-state index in [9.17, 15) is 9.50 Å². The van der Waals surface area contributed by atoms with Gasteiger partial charge in [-0.05, 0) is 18.6 Å². The van der Waals surface area contributed by atoms with Crippen molar-refractivity contribution < 1.29 is 9.50 Å². The van der Waals surface area contributed by atoms with E-state index in [-0.39, 0.29) is 5.82 Å². The predicted molar refractivity (Wildman–Crippen MR) is 54.0 cm³/mol. The summed E-state index contributed by atoms with van der Waals surface area (Å²) in [5.74, 6) is -0.352. The van der Waals surface area contributed by atoms with E-state index in [2.05, 4.69) is 15.9 Å². The summed E-state index contributed by atoms with van der Waals surface area (Å²) in [7, 11) is 0. The minimum absolute atomic E-state index is 0.352. The minimum atomic E-state index is -0.708. The van der Waals surface area contributed by atoms with Crippen LogP contribution in [0.25, 0.3) is 0 Å². The monoisotopic (exact) mass is 246 g/mol. The molecule has 0 unspecified atom stereocenters. The molecule has 1 atom stereocenters. The third-order valence-corrected chi connectivity index (χ3v) is 2.59. The zero-order chi connectivity index (χ0) is 9.84. The van der Waals surface area contributed by atoms with E-state index in [1.54, 1.807) is 12.1 Å². The Hall–Kier alpha value is -0.410. The van der Waals surface area contributed by atoms with E-state index in [1.807, 2.05) is 6.92 Å². The molecular weight excluding hydrogens is 235 g/mol. The Balaban J connectivity index is 2.98. The summed E-state index contributed by atoms with van der Waals surface area (Å²) in [6.45, 7) is 1.96. The van der Waals surface area contributed by atoms with Gasteiger partial charge in [0.05, 0.1) is 6.10 Å². The normalized spacial score (nSPS) is 12.9. The lowest BCUT2D eigenvalue weighted by Gasteiger charge is -2.12. The van der Waals surface area contributed by atoms with Crippen molar-refractivity contribution in [1.82, 2.24) is 0 Å². The first kappa shape index (κ1) is 10.7. The molecule has 0 heterocycles. The third-order valence-electron chi connectivity index (χ3n) is 1.90. The molecule has 0 radical (unpaired) electrons. The molecule has 0 amide bonds. The lowest BCUT2D eigenvalue weighted by Crippen LogP contribution is -2.01. The van der Waals surface area contributed by atoms with Gasteiger partial charge < -0.3 is 5.11 Å². The lowest BCUT2D eigenvalue weighted by atomic mass is 10.1. The Bertz CT molecular complexity index is 268. The van der Waals surface area contributed by atoms with Gasteiger partial charge in [0.15, 0.2) is 0 Å². The Morgan fingerprint density at radius 1 is 1.54 bits per heavy atom. The summed E-state index contributed by atoms with van der Waals surface area (Å²) in [5, 5.41) is 9.61. The molecule has 0 saturated heterocycles. The first-order valence-electron chi connectivity index (χ1n) is 4.28. The number of hydrogen-bond donors (Lipinski definition) is 1. The molecule has 1 nitrogen and oxygen atoms in total. The van der Waals surface area contributed by atoms with Crippen LogP contribution in [0.2, 0.25) is 0 Å². The fourth-order valence-corrected chi connectivity index (χ4v) is 1.85. The van der Waals surface area contributed by atoms with E-state index in [4.69, 9.17) is 0 Å². The first-order valence-corrected chi connectivity index (χ1v) is 5.08. The van der Waals surface area contributed by atoms with E-state index < -0.39 is 6.10 Å². The highest BCUT2D eigenvalue weighted by molar-refractivity contribution is 9.10. The maximum atomic E-state index is 13.2. The maximum absolute atomic E-state index is 13.2. The van der Waals surface area contributed by atoms with E-state index in [0.717, 1.165) is 6.42 Å². The number of aliphatic hydroxyl groups is 1. The maximum Gasteiger partial charge on any atom is 0.130 e. The van der Waals surface area contributed by atoms with Crippen molar-refractivity contribution in [3.05, 3.63) is 34.1 Å². The van der Waals surface area contributed by atoms with Crippen LogP contribution < -0.4 is 0 Å². The molecule has 3 heteroatoms. The number of hydrogen-bond acceptors (Lipinski definition) is 1. The Morgan fingerprint density at radius 3 is 2.77 bits per heavy atom. The molecule has 0 aliphatic rings. The van der Waals surface area contributed by atoms with Crippen molar-refractivity contribution in [2.45, 2.75) is 25.9 Å². The van der Waals surface area contributed by atoms with Gasteiger partial charge in [-0.2, -0.15) is 0 Å². The summed E-state index contributed by atoms with van der Waals surface area (Å²) in [6.07, 6.45) is 0.710. The highest BCUT2D eigenvalue weighted by Gasteiger charge is 2.14. The summed E-state index contributed by atoms with van der Waals surface area (Å²) in [6, 6.07) is 4.71. The Kier molecular flexibility index (Phi) is 3.88. The lowest BCUT2D eigenvalue weighted by molar-refractivity contribution is 0.161. The summed E-state index contributed by atoms with van der Waals surface area (Å²) >= 11 is 3.22. The number of benzene rings is 1. The summed E-state index contributed by atoms with van der Waals surface area (Å²) < 4.78 is 13.9. The van der Waals surface area contributed by atoms with Gasteiger partial charge in [0.2, 0.25) is 0 Å². The van der Waals surface area contributed by atoms with Crippen LogP contribution in [0, 0.1) is 5.82 Å². The van der Waals surface area contributed by atoms with Crippen LogP contribution in [-0.4, -0.2) is 5.11 Å². The van der Waals surface area contributed by atoms with Gasteiger partial charge in [-0.3, -0.25) is 0 Å². The average molecular weight is 247 g/mol. The van der Waals surface area contributed by atoms with Crippen LogP contribution in [0.4, 0.5) is 4.39 Å². The molecule has 1 rings (SSSR count). The van der Waals surface area contributed by atoms with Gasteiger partial charge in [-0.25, -0.2) is 4.39 Å². The van der Waals surface area contributed by atoms with Gasteiger partial charge >= 0.3 is 0 Å². The molecule has 0 aliphatic carbocycles. The average Bonchev–Trinajstić information content (AvgIpc) is 2.04. The van der Waals surface area contributed by atoms with Crippen molar-refractivity contribution in [2.75, 3.05) is 0 Å². The zero-order valence-corrected chi connectivity index (χ0v) is 9.01. The largest absolute Gasteiger partial charge is 0.388 e. The minimum Gasteiger partial charge on any atom is -0.388 e. The standard InChI is InChI=1S/C10H12BrFO/c1-2-4-9(13)10-7(11)5-3-6-8(10)12/h3,5-6,9,13H,2,4H2,1H3/t9-/m1/s1. The third kappa shape index (κ3) is 2.51. The quantitative estimate of drug-likeness (QED) is 0.867. The highest BCUT2D eigenvalue weighted by Crippen LogP contribution is 2.28. The number of halogens is 2. The van der Waals surface area contributed by atoms with Crippen molar-refractivity contribution >= 4 is 15.9 Å². The molecular formula is C10H12BrFO. The van der Waals surface area contributed by atoms with Gasteiger partial charge in [0.25, 0.3) is 0 Å². The molecule has 0 aliphatic heterocycles. The molecule has 0 fully saturated rings. The van der Waals surface area contributed by atoms with Gasteiger partial charge in [-0.1, -0.05) is 35.3 Å². The Labute approximate surface area is 85.7 Å². The molecule has 0 spiro atoms. The molecule has 72 valence electrons. The molecule has 1 aromatic rings. The van der Waals surface area contributed by atoms with Gasteiger partial charge in [-0.15, -0.1) is 0 Å². The highest BCUT2D eigenvalue weighted by atomic mass is 79.9. The van der Waals surface area contributed by atoms with Crippen molar-refractivity contribution in [1.29, 1.82) is 0 Å². The summed E-state index contributed by atoms with van der Waals surface area (Å²) in [4.78, 5) is 0. The van der Waals surface area contributed by atoms with Crippen molar-refractivity contribution in [3.8, 4) is 0 Å². The predicted octanol–water partition coefficient (Wildman–Crippen LogP) is 3.42. The van der Waals surface area contributed by atoms with Crippen LogP contribution in [0.1, 0.15) is 31.4 Å². The van der Waals surface area contributed by atoms with Gasteiger partial charge in [0, 0.05) is 10.0 Å². The SMILES string of the molecule is CCC[C@@H](O)c1c(F)cccc1Br. The fraction of sp³-hybridized carbons (Fsp3) is 0.400. The van der Waals surface area contributed by atoms with E-state index >= 15 is 0 Å². The molecule has 0 saturated carbocycles. The van der Waals surface area contributed by atoms with Crippen molar-refractivity contribution in [2.24, 2.45) is 0 Å². The van der Waals surface area contributed by atoms with Crippen LogP contribution in [0.5, 0.6) is 0 Å². The van der Waals surface area contributed by atoms with E-state index in [1.165, 1.54) is 6.07 Å². The first-order chi connectivity index (χ1) is 6.16. The molecule has 13 heavy (non-hydrogen) atoms. The topological polar surface area (TPSA) is 20.2 Å². The van der Waals surface area contributed by atoms with Gasteiger partial charge in [0.1, 0.15) is 5.82 Å². The second-order valence-electron chi connectivity index (χ2n) is 2.94. The Morgan fingerprint density at radius 2 is 2.23 bits per heavy atom. The molecule has 0 aromatic heterocycles. The van der Waals surface area contributed by atoms with Crippen LogP contribution in [0.3, 0.4) is 0 Å². The smallest absolute Gasteiger partial charge is 0.130 e. The second-order valence-corrected chi connectivity index (χ2v) is 3.79. The summed E-state index contributed by atoms with van der Waals surface area (Å²) in [5.41, 5.74) is 0.365. The molecule has 0 bridgehead atoms. The second kappa shape index (κ2) is 4.72. The van der Waals surface area contributed by atoms with E-state index in [0.29, 0.717) is 16.5 Å². The van der Waals surface area contributed by atoms with Crippen LogP contribution >= 0.6 is 15.9 Å². The van der Waals surface area contributed by atoms with Crippen LogP contribution in [0.15, 0.2) is 22.7 Å². The molecule has 1 N–H and O–H groups in total. The fourth-order valence-electron chi connectivity index (χ4n) is 1.25. The van der Waals surface area contributed by atoms with Crippen molar-refractivity contribution in [3.63, 3.8) is 0 Å². The zero-order valence-electron chi connectivity index (χ0n) is 7.43.